The van der Waals surface area contributed by atoms with Gasteiger partial charge >= 0.3 is 0 Å². The first-order valence-electron chi connectivity index (χ1n) is 5.16. The molecule has 1 aromatic heterocycles. The molecule has 0 saturated heterocycles. The van der Waals surface area contributed by atoms with Crippen LogP contribution in [0.5, 0.6) is 0 Å². The molecule has 0 aromatic carbocycles. The van der Waals surface area contributed by atoms with E-state index in [2.05, 4.69) is 24.4 Å². The molecule has 0 saturated carbocycles. The minimum absolute atomic E-state index is 0.116. The Morgan fingerprint density at radius 2 is 2.33 bits per heavy atom. The third-order valence-electron chi connectivity index (χ3n) is 2.25. The van der Waals surface area contributed by atoms with Crippen LogP contribution in [0.3, 0.4) is 0 Å². The smallest absolute Gasteiger partial charge is 0.0641 e. The first-order valence-corrected chi connectivity index (χ1v) is 5.16. The lowest BCUT2D eigenvalue weighted by atomic mass is 10.2. The van der Waals surface area contributed by atoms with E-state index in [1.165, 1.54) is 0 Å². The molecule has 0 radical (unpaired) electrons. The van der Waals surface area contributed by atoms with Crippen molar-refractivity contribution >= 4 is 0 Å². The van der Waals surface area contributed by atoms with E-state index in [4.69, 9.17) is 10.6 Å². The summed E-state index contributed by atoms with van der Waals surface area (Å²) < 4.78 is 6.98. The average molecular weight is 212 g/mol. The maximum Gasteiger partial charge on any atom is 0.0641 e. The van der Waals surface area contributed by atoms with Gasteiger partial charge in [0.2, 0.25) is 0 Å². The zero-order valence-corrected chi connectivity index (χ0v) is 9.60. The number of nitrogens with zero attached hydrogens (tertiary/aromatic N) is 2. The number of ether oxygens (including phenoxy) is 1. The molecule has 0 amide bonds. The van der Waals surface area contributed by atoms with Crippen molar-refractivity contribution in [2.45, 2.75) is 32.4 Å². The van der Waals surface area contributed by atoms with E-state index >= 15 is 0 Å². The summed E-state index contributed by atoms with van der Waals surface area (Å²) in [4.78, 5) is 0. The molecule has 1 aromatic rings. The molecule has 5 heteroatoms. The van der Waals surface area contributed by atoms with Crippen molar-refractivity contribution in [2.75, 3.05) is 13.7 Å². The van der Waals surface area contributed by atoms with Crippen LogP contribution in [-0.4, -0.2) is 29.5 Å². The third-order valence-corrected chi connectivity index (χ3v) is 2.25. The quantitative estimate of drug-likeness (QED) is 0.532. The lowest BCUT2D eigenvalue weighted by molar-refractivity contribution is 0.166. The zero-order valence-electron chi connectivity index (χ0n) is 9.60. The SMILES string of the molecule is COCC(Cc1ccn(C(C)C)n1)NN. The number of hydrogen-bond donors (Lipinski definition) is 2. The van der Waals surface area contributed by atoms with Crippen LogP contribution >= 0.6 is 0 Å². The van der Waals surface area contributed by atoms with Gasteiger partial charge in [-0.1, -0.05) is 0 Å². The molecule has 1 atom stereocenters. The van der Waals surface area contributed by atoms with Crippen molar-refractivity contribution in [1.82, 2.24) is 15.2 Å². The Morgan fingerprint density at radius 1 is 1.60 bits per heavy atom. The van der Waals surface area contributed by atoms with Gasteiger partial charge < -0.3 is 4.74 Å². The zero-order chi connectivity index (χ0) is 11.3. The molecule has 1 rings (SSSR count). The Kier molecular flexibility index (Phi) is 4.74. The molecular formula is C10H20N4O. The molecule has 1 heterocycles. The summed E-state index contributed by atoms with van der Waals surface area (Å²) in [5.74, 6) is 5.41. The summed E-state index contributed by atoms with van der Waals surface area (Å²) in [6, 6.07) is 2.52. The highest BCUT2D eigenvalue weighted by molar-refractivity contribution is 5.02. The topological polar surface area (TPSA) is 65.1 Å². The van der Waals surface area contributed by atoms with Gasteiger partial charge in [0.25, 0.3) is 0 Å². The highest BCUT2D eigenvalue weighted by atomic mass is 16.5. The number of hydrogen-bond acceptors (Lipinski definition) is 4. The van der Waals surface area contributed by atoms with Crippen molar-refractivity contribution in [2.24, 2.45) is 5.84 Å². The Labute approximate surface area is 90.6 Å². The molecule has 15 heavy (non-hydrogen) atoms. The van der Waals surface area contributed by atoms with Gasteiger partial charge in [-0.2, -0.15) is 5.10 Å². The van der Waals surface area contributed by atoms with Crippen LogP contribution in [-0.2, 0) is 11.2 Å². The van der Waals surface area contributed by atoms with Crippen molar-refractivity contribution in [3.8, 4) is 0 Å². The summed E-state index contributed by atoms with van der Waals surface area (Å²) in [5.41, 5.74) is 3.75. The van der Waals surface area contributed by atoms with Crippen molar-refractivity contribution in [3.05, 3.63) is 18.0 Å². The van der Waals surface area contributed by atoms with Crippen LogP contribution in [0, 0.1) is 0 Å². The van der Waals surface area contributed by atoms with Gasteiger partial charge in [-0.25, -0.2) is 0 Å². The first-order chi connectivity index (χ1) is 7.17. The second-order valence-corrected chi connectivity index (χ2v) is 3.90. The minimum Gasteiger partial charge on any atom is -0.383 e. The van der Waals surface area contributed by atoms with Crippen LogP contribution in [0.2, 0.25) is 0 Å². The monoisotopic (exact) mass is 212 g/mol. The van der Waals surface area contributed by atoms with Crippen LogP contribution in [0.25, 0.3) is 0 Å². The minimum atomic E-state index is 0.116. The van der Waals surface area contributed by atoms with Gasteiger partial charge in [0.1, 0.15) is 0 Å². The maximum atomic E-state index is 5.41. The van der Waals surface area contributed by atoms with Gasteiger partial charge in [-0.05, 0) is 19.9 Å². The predicted molar refractivity (Wildman–Crippen MR) is 59.3 cm³/mol. The van der Waals surface area contributed by atoms with Crippen LogP contribution in [0.4, 0.5) is 0 Å². The fourth-order valence-corrected chi connectivity index (χ4v) is 1.39. The molecule has 86 valence electrons. The summed E-state index contributed by atoms with van der Waals surface area (Å²) in [6.07, 6.45) is 2.77. The van der Waals surface area contributed by atoms with E-state index in [0.29, 0.717) is 12.6 Å². The van der Waals surface area contributed by atoms with E-state index in [9.17, 15) is 0 Å². The summed E-state index contributed by atoms with van der Waals surface area (Å²) in [6.45, 7) is 4.79. The molecule has 0 bridgehead atoms. The van der Waals surface area contributed by atoms with Crippen LogP contribution < -0.4 is 11.3 Å². The normalized spacial score (nSPS) is 13.4. The molecule has 5 nitrogen and oxygen atoms in total. The molecule has 0 spiro atoms. The molecule has 0 aliphatic rings. The number of nitrogens with two attached hydrogens (primary N) is 1. The fourth-order valence-electron chi connectivity index (χ4n) is 1.39. The Balaban J connectivity index is 2.55. The highest BCUT2D eigenvalue weighted by Gasteiger charge is 2.10. The molecule has 0 fully saturated rings. The van der Waals surface area contributed by atoms with E-state index in [0.717, 1.165) is 12.1 Å². The number of nitrogens with one attached hydrogen (secondary N) is 1. The fraction of sp³-hybridized carbons (Fsp3) is 0.700. The van der Waals surface area contributed by atoms with Gasteiger partial charge in [0, 0.05) is 25.8 Å². The number of aromatic nitrogens is 2. The number of rotatable bonds is 6. The van der Waals surface area contributed by atoms with Crippen molar-refractivity contribution in [3.63, 3.8) is 0 Å². The summed E-state index contributed by atoms with van der Waals surface area (Å²) >= 11 is 0. The van der Waals surface area contributed by atoms with E-state index < -0.39 is 0 Å². The second kappa shape index (κ2) is 5.85. The number of hydrazine groups is 1. The van der Waals surface area contributed by atoms with Gasteiger partial charge in [-0.15, -0.1) is 0 Å². The van der Waals surface area contributed by atoms with Crippen LogP contribution in [0.15, 0.2) is 12.3 Å². The lowest BCUT2D eigenvalue weighted by Gasteiger charge is -2.13. The average Bonchev–Trinajstić information content (AvgIpc) is 2.65. The van der Waals surface area contributed by atoms with Gasteiger partial charge in [-0.3, -0.25) is 16.0 Å². The Bertz CT molecular complexity index is 285. The van der Waals surface area contributed by atoms with Crippen LogP contribution in [0.1, 0.15) is 25.6 Å². The second-order valence-electron chi connectivity index (χ2n) is 3.90. The predicted octanol–water partition coefficient (Wildman–Crippen LogP) is 0.485. The van der Waals surface area contributed by atoms with E-state index in [-0.39, 0.29) is 6.04 Å². The van der Waals surface area contributed by atoms with E-state index in [1.807, 2.05) is 16.9 Å². The highest BCUT2D eigenvalue weighted by Crippen LogP contribution is 2.06. The van der Waals surface area contributed by atoms with Crippen molar-refractivity contribution < 1.29 is 4.74 Å². The molecule has 3 N–H and O–H groups in total. The Hall–Kier alpha value is -0.910. The molecule has 0 aliphatic carbocycles. The molecule has 0 aliphatic heterocycles. The maximum absolute atomic E-state index is 5.41. The standard InChI is InChI=1S/C10H20N4O/c1-8(2)14-5-4-9(13-14)6-10(12-11)7-15-3/h4-5,8,10,12H,6-7,11H2,1-3H3. The third kappa shape index (κ3) is 3.62. The molecule has 1 unspecified atom stereocenters. The van der Waals surface area contributed by atoms with Gasteiger partial charge in [0.05, 0.1) is 18.3 Å². The molecular weight excluding hydrogens is 192 g/mol. The van der Waals surface area contributed by atoms with Crippen molar-refractivity contribution in [1.29, 1.82) is 0 Å². The largest absolute Gasteiger partial charge is 0.383 e. The summed E-state index contributed by atoms with van der Waals surface area (Å²) in [7, 11) is 1.66. The Morgan fingerprint density at radius 3 is 2.80 bits per heavy atom. The number of methoxy groups -OCH3 is 1. The summed E-state index contributed by atoms with van der Waals surface area (Å²) in [5, 5.41) is 4.45. The van der Waals surface area contributed by atoms with Gasteiger partial charge in [0.15, 0.2) is 0 Å². The van der Waals surface area contributed by atoms with E-state index in [1.54, 1.807) is 7.11 Å². The first kappa shape index (κ1) is 12.2. The lowest BCUT2D eigenvalue weighted by Crippen LogP contribution is -2.40.